The Morgan fingerprint density at radius 1 is 1.45 bits per heavy atom. The molecule has 0 fully saturated rings. The maximum atomic E-state index is 11.7. The molecule has 0 bridgehead atoms. The topological polar surface area (TPSA) is 29.4 Å². The van der Waals surface area contributed by atoms with E-state index in [1.54, 1.807) is 0 Å². The van der Waals surface area contributed by atoms with Crippen molar-refractivity contribution in [3.05, 3.63) is 0 Å². The first-order valence-electron chi connectivity index (χ1n) is 1.98. The molecule has 1 atom stereocenters. The van der Waals surface area contributed by atoms with Gasteiger partial charge in [0.15, 0.2) is 0 Å². The van der Waals surface area contributed by atoms with Crippen LogP contribution in [-0.4, -0.2) is 15.9 Å². The Labute approximate surface area is 64.1 Å². The van der Waals surface area contributed by atoms with Gasteiger partial charge in [0.05, 0.1) is 0 Å². The molecular weight excluding hydrogens is 217 g/mol. The van der Waals surface area contributed by atoms with Crippen LogP contribution < -0.4 is 0 Å². The molecule has 0 amide bonds. The van der Waals surface area contributed by atoms with Crippen molar-refractivity contribution < 1.29 is 25.2 Å². The smallest absolute Gasteiger partial charge is 0.221 e. The van der Waals surface area contributed by atoms with Gasteiger partial charge in [-0.15, -0.1) is 4.36 Å². The van der Waals surface area contributed by atoms with Crippen molar-refractivity contribution in [2.45, 2.75) is 11.7 Å². The largest absolute Gasteiger partial charge is 0.398 e. The maximum absolute atomic E-state index is 11.7. The van der Waals surface area contributed by atoms with E-state index >= 15 is 0 Å². The molecule has 0 aromatic rings. The zero-order valence-electron chi connectivity index (χ0n) is 4.61. The van der Waals surface area contributed by atoms with Gasteiger partial charge in [0.2, 0.25) is 0 Å². The minimum atomic E-state index is -6.03. The summed E-state index contributed by atoms with van der Waals surface area (Å²) < 4.78 is 67.8. The summed E-state index contributed by atoms with van der Waals surface area (Å²) in [5.74, 6) is 0. The summed E-state index contributed by atoms with van der Waals surface area (Å²) in [5.41, 5.74) is -3.41. The van der Waals surface area contributed by atoms with E-state index in [9.17, 15) is 25.2 Å². The number of halogens is 6. The van der Waals surface area contributed by atoms with E-state index < -0.39 is 22.2 Å². The van der Waals surface area contributed by atoms with Crippen LogP contribution in [0.5, 0.6) is 0 Å². The van der Waals surface area contributed by atoms with E-state index in [1.807, 2.05) is 0 Å². The number of nitrogens with zero attached hydrogens (tertiary/aromatic N) is 1. The van der Waals surface area contributed by atoms with Gasteiger partial charge in [-0.05, 0) is 0 Å². The lowest BCUT2D eigenvalue weighted by Gasteiger charge is -2.07. The molecule has 0 radical (unpaired) electrons. The van der Waals surface area contributed by atoms with Crippen LogP contribution in [-0.2, 0) is 10.5 Å². The lowest BCUT2D eigenvalue weighted by Crippen LogP contribution is -2.23. The summed E-state index contributed by atoms with van der Waals surface area (Å²) in [6.07, 6.45) is 0. The number of alkyl halides is 4. The van der Waals surface area contributed by atoms with Crippen LogP contribution in [0.3, 0.4) is 0 Å². The molecule has 0 aliphatic carbocycles. The van der Waals surface area contributed by atoms with Crippen LogP contribution in [0.2, 0.25) is 0 Å². The van der Waals surface area contributed by atoms with E-state index in [4.69, 9.17) is 0 Å². The Balaban J connectivity index is 4.76. The van der Waals surface area contributed by atoms with Crippen molar-refractivity contribution in [3.8, 4) is 0 Å². The second-order valence-corrected chi connectivity index (χ2v) is 2.74. The normalized spacial score (nSPS) is 16.2. The van der Waals surface area contributed by atoms with E-state index in [-0.39, 0.29) is 0 Å². The van der Waals surface area contributed by atoms with Gasteiger partial charge < -0.3 is 0 Å². The second-order valence-electron chi connectivity index (χ2n) is 1.38. The second kappa shape index (κ2) is 3.10. The predicted octanol–water partition coefficient (Wildman–Crippen LogP) is 2.35. The molecule has 68 valence electrons. The van der Waals surface area contributed by atoms with E-state index in [2.05, 4.69) is 11.6 Å². The molecule has 0 aliphatic heterocycles. The van der Waals surface area contributed by atoms with Gasteiger partial charge in [0.25, 0.3) is 5.63 Å². The Morgan fingerprint density at radius 2 is 1.82 bits per heavy atom. The zero-order chi connectivity index (χ0) is 9.28. The Bertz CT molecular complexity index is 237. The summed E-state index contributed by atoms with van der Waals surface area (Å²) in [6.45, 7) is 0. The highest BCUT2D eigenvalue weighted by Gasteiger charge is 2.41. The SMILES string of the molecule is O=S(F)(F)=NC(F)(F)C(F)Cl. The quantitative estimate of drug-likeness (QED) is 0.302. The molecule has 2 nitrogen and oxygen atoms in total. The maximum Gasteiger partial charge on any atom is 0.398 e. The first kappa shape index (κ1) is 10.9. The molecule has 0 aromatic carbocycles. The highest BCUT2D eigenvalue weighted by atomic mass is 35.5. The van der Waals surface area contributed by atoms with Crippen LogP contribution in [0.25, 0.3) is 0 Å². The van der Waals surface area contributed by atoms with Gasteiger partial charge in [-0.3, -0.25) is 0 Å². The fourth-order valence-electron chi connectivity index (χ4n) is 0.182. The van der Waals surface area contributed by atoms with Crippen LogP contribution in [0.4, 0.5) is 20.9 Å². The number of hydrogen-bond acceptors (Lipinski definition) is 2. The molecule has 0 heterocycles. The monoisotopic (exact) mass is 217 g/mol. The van der Waals surface area contributed by atoms with Gasteiger partial charge in [-0.2, -0.15) is 13.0 Å². The van der Waals surface area contributed by atoms with Crippen molar-refractivity contribution in [2.24, 2.45) is 4.36 Å². The standard InChI is InChI=1S/C2HClF5NOS/c3-1(4)2(5,6)9-11(7,8)10/h1H. The highest BCUT2D eigenvalue weighted by Crippen LogP contribution is 2.28. The Kier molecular flexibility index (Phi) is 3.06. The lowest BCUT2D eigenvalue weighted by molar-refractivity contribution is -0.0300. The fraction of sp³-hybridized carbons (Fsp3) is 1.00. The lowest BCUT2D eigenvalue weighted by atomic mass is 10.6. The van der Waals surface area contributed by atoms with Crippen molar-refractivity contribution >= 4 is 22.1 Å². The van der Waals surface area contributed by atoms with Crippen molar-refractivity contribution in [1.29, 1.82) is 0 Å². The molecule has 0 saturated heterocycles. The average molecular weight is 218 g/mol. The molecule has 0 aromatic heterocycles. The summed E-state index contributed by atoms with van der Waals surface area (Å²) in [6, 6.07) is -4.82. The summed E-state index contributed by atoms with van der Waals surface area (Å²) in [4.78, 5) is 0. The minimum Gasteiger partial charge on any atom is -0.221 e. The van der Waals surface area contributed by atoms with Crippen LogP contribution in [0.1, 0.15) is 0 Å². The van der Waals surface area contributed by atoms with E-state index in [0.717, 1.165) is 4.36 Å². The third-order valence-electron chi connectivity index (χ3n) is 0.491. The summed E-state index contributed by atoms with van der Waals surface area (Å²) >= 11 is 4.11. The molecule has 0 rings (SSSR count). The first-order valence-corrected chi connectivity index (χ1v) is 3.74. The molecule has 11 heavy (non-hydrogen) atoms. The average Bonchev–Trinajstić information content (AvgIpc) is 1.56. The van der Waals surface area contributed by atoms with Crippen LogP contribution >= 0.6 is 11.6 Å². The molecule has 1 unspecified atom stereocenters. The predicted molar refractivity (Wildman–Crippen MR) is 28.5 cm³/mol. The first-order chi connectivity index (χ1) is 4.65. The number of rotatable bonds is 2. The highest BCUT2D eigenvalue weighted by molar-refractivity contribution is 7.83. The molecule has 0 saturated carbocycles. The summed E-state index contributed by atoms with van der Waals surface area (Å²) in [5, 5.41) is 0. The van der Waals surface area contributed by atoms with Crippen molar-refractivity contribution in [3.63, 3.8) is 0 Å². The van der Waals surface area contributed by atoms with Gasteiger partial charge in [0.1, 0.15) is 0 Å². The molecule has 0 N–H and O–H groups in total. The zero-order valence-corrected chi connectivity index (χ0v) is 6.18. The molecule has 9 heteroatoms. The molecular formula is C2HClF5NOS. The number of hydrogen-bond donors (Lipinski definition) is 0. The van der Waals surface area contributed by atoms with Crippen molar-refractivity contribution in [2.75, 3.05) is 0 Å². The third kappa shape index (κ3) is 4.35. The van der Waals surface area contributed by atoms with Crippen LogP contribution in [0.15, 0.2) is 4.36 Å². The fourth-order valence-corrected chi connectivity index (χ4v) is 0.664. The Hall–Kier alpha value is -0.110. The minimum absolute atomic E-state index is 1.09. The van der Waals surface area contributed by atoms with Gasteiger partial charge in [-0.1, -0.05) is 19.4 Å². The van der Waals surface area contributed by atoms with Crippen LogP contribution in [0, 0.1) is 0 Å². The van der Waals surface area contributed by atoms with E-state index in [1.165, 1.54) is 0 Å². The van der Waals surface area contributed by atoms with Gasteiger partial charge >= 0.3 is 16.5 Å². The van der Waals surface area contributed by atoms with E-state index in [0.29, 0.717) is 0 Å². The molecule has 0 spiro atoms. The summed E-state index contributed by atoms with van der Waals surface area (Å²) in [7, 11) is -6.03. The third-order valence-corrected chi connectivity index (χ3v) is 1.21. The van der Waals surface area contributed by atoms with Crippen molar-refractivity contribution in [1.82, 2.24) is 0 Å². The van der Waals surface area contributed by atoms with Gasteiger partial charge in [0, 0.05) is 0 Å². The van der Waals surface area contributed by atoms with Gasteiger partial charge in [-0.25, -0.2) is 4.39 Å². The Morgan fingerprint density at radius 3 is 1.91 bits per heavy atom. The molecule has 0 aliphatic rings.